The number of carbonyl (C=O) groups is 2. The summed E-state index contributed by atoms with van der Waals surface area (Å²) >= 11 is 0. The number of carbonyl (C=O) groups excluding carboxylic acids is 2. The lowest BCUT2D eigenvalue weighted by molar-refractivity contribution is -0.114. The van der Waals surface area contributed by atoms with Gasteiger partial charge in [0.05, 0.1) is 23.8 Å². The summed E-state index contributed by atoms with van der Waals surface area (Å²) in [4.78, 5) is 29.5. The molecule has 125 valence electrons. The van der Waals surface area contributed by atoms with Gasteiger partial charge < -0.3 is 5.73 Å². The lowest BCUT2D eigenvalue weighted by atomic mass is 10.1. The van der Waals surface area contributed by atoms with E-state index in [2.05, 4.69) is 4.98 Å². The maximum Gasteiger partial charge on any atom is 0.326 e. The van der Waals surface area contributed by atoms with Crippen LogP contribution < -0.4 is 10.6 Å². The number of anilines is 1. The maximum absolute atomic E-state index is 12.5. The number of aromatic nitrogens is 1. The zero-order valence-corrected chi connectivity index (χ0v) is 13.6. The number of hydrogen-bond donors (Lipinski definition) is 1. The minimum atomic E-state index is -0.821. The van der Waals surface area contributed by atoms with E-state index in [1.165, 1.54) is 12.6 Å². The van der Waals surface area contributed by atoms with Crippen LogP contribution in [0.3, 0.4) is 0 Å². The van der Waals surface area contributed by atoms with E-state index in [1.54, 1.807) is 6.07 Å². The SMILES string of the molecule is NC(=O)N(C(=O)[CH]CCc1ccccc1)c1cnc2ccccc2c1. The number of imide groups is 1. The summed E-state index contributed by atoms with van der Waals surface area (Å²) in [7, 11) is 0. The van der Waals surface area contributed by atoms with Gasteiger partial charge in [-0.05, 0) is 30.5 Å². The molecule has 5 nitrogen and oxygen atoms in total. The third-order valence-electron chi connectivity index (χ3n) is 3.87. The molecule has 1 radical (unpaired) electrons. The Bertz CT molecular complexity index is 894. The van der Waals surface area contributed by atoms with Gasteiger partial charge in [-0.3, -0.25) is 9.78 Å². The average molecular weight is 332 g/mol. The summed E-state index contributed by atoms with van der Waals surface area (Å²) in [5, 5.41) is 0.836. The Morgan fingerprint density at radius 3 is 2.52 bits per heavy atom. The van der Waals surface area contributed by atoms with Gasteiger partial charge in [0.25, 0.3) is 0 Å². The molecule has 2 N–H and O–H groups in total. The number of amides is 3. The van der Waals surface area contributed by atoms with Crippen LogP contribution in [0.5, 0.6) is 0 Å². The summed E-state index contributed by atoms with van der Waals surface area (Å²) in [6, 6.07) is 18.2. The quantitative estimate of drug-likeness (QED) is 0.777. The van der Waals surface area contributed by atoms with E-state index in [-0.39, 0.29) is 0 Å². The molecule has 0 fully saturated rings. The van der Waals surface area contributed by atoms with Crippen LogP contribution in [0, 0.1) is 6.42 Å². The van der Waals surface area contributed by atoms with Crippen molar-refractivity contribution in [1.82, 2.24) is 4.98 Å². The van der Waals surface area contributed by atoms with Gasteiger partial charge in [0.2, 0.25) is 5.91 Å². The summed E-state index contributed by atoms with van der Waals surface area (Å²) in [5.41, 5.74) is 7.70. The van der Waals surface area contributed by atoms with E-state index in [0.717, 1.165) is 27.8 Å². The molecule has 0 spiro atoms. The smallest absolute Gasteiger partial charge is 0.326 e. The summed E-state index contributed by atoms with van der Waals surface area (Å²) in [6.07, 6.45) is 4.20. The highest BCUT2D eigenvalue weighted by Crippen LogP contribution is 2.20. The van der Waals surface area contributed by atoms with Crippen LogP contribution in [0.25, 0.3) is 10.9 Å². The number of para-hydroxylation sites is 1. The van der Waals surface area contributed by atoms with Crippen molar-refractivity contribution in [3.8, 4) is 0 Å². The molecule has 0 saturated carbocycles. The second kappa shape index (κ2) is 7.57. The molecule has 1 aromatic heterocycles. The molecule has 1 heterocycles. The largest absolute Gasteiger partial charge is 0.351 e. The first-order valence-electron chi connectivity index (χ1n) is 8.00. The normalized spacial score (nSPS) is 10.6. The molecule has 2 aromatic carbocycles. The number of primary amides is 1. The standard InChI is InChI=1S/C20H18N3O2/c21-20(25)23(17-13-16-10-4-5-11-18(16)22-14-17)19(24)12-6-9-15-7-2-1-3-8-15/h1-5,7-8,10-14H,6,9H2,(H2,21,25). The minimum Gasteiger partial charge on any atom is -0.351 e. The molecule has 25 heavy (non-hydrogen) atoms. The molecule has 0 saturated heterocycles. The summed E-state index contributed by atoms with van der Waals surface area (Å²) < 4.78 is 0. The summed E-state index contributed by atoms with van der Waals surface area (Å²) in [6.45, 7) is 0. The highest BCUT2D eigenvalue weighted by atomic mass is 16.2. The average Bonchev–Trinajstić information content (AvgIpc) is 2.62. The van der Waals surface area contributed by atoms with E-state index in [4.69, 9.17) is 5.73 Å². The molecule has 0 bridgehead atoms. The van der Waals surface area contributed by atoms with Gasteiger partial charge in [0.1, 0.15) is 0 Å². The van der Waals surface area contributed by atoms with Crippen LogP contribution >= 0.6 is 0 Å². The number of nitrogens with zero attached hydrogens (tertiary/aromatic N) is 2. The highest BCUT2D eigenvalue weighted by Gasteiger charge is 2.21. The third kappa shape index (κ3) is 4.01. The van der Waals surface area contributed by atoms with Crippen LogP contribution in [0.4, 0.5) is 10.5 Å². The fraction of sp³-hybridized carbons (Fsp3) is 0.100. The number of fused-ring (bicyclic) bond motifs is 1. The Balaban J connectivity index is 1.73. The molecule has 0 aliphatic heterocycles. The number of rotatable bonds is 5. The lowest BCUT2D eigenvalue weighted by Gasteiger charge is -2.18. The van der Waals surface area contributed by atoms with Gasteiger partial charge in [-0.2, -0.15) is 0 Å². The number of aryl methyl sites for hydroxylation is 1. The predicted molar refractivity (Wildman–Crippen MR) is 97.9 cm³/mol. The van der Waals surface area contributed by atoms with Crippen molar-refractivity contribution in [3.05, 3.63) is 78.8 Å². The van der Waals surface area contributed by atoms with E-state index in [9.17, 15) is 9.59 Å². The van der Waals surface area contributed by atoms with Crippen molar-refractivity contribution in [2.75, 3.05) is 4.90 Å². The first kappa shape index (κ1) is 16.6. The van der Waals surface area contributed by atoms with Crippen molar-refractivity contribution in [3.63, 3.8) is 0 Å². The van der Waals surface area contributed by atoms with Gasteiger partial charge in [0.15, 0.2) is 0 Å². The first-order valence-corrected chi connectivity index (χ1v) is 8.00. The van der Waals surface area contributed by atoms with Crippen molar-refractivity contribution in [2.45, 2.75) is 12.8 Å². The van der Waals surface area contributed by atoms with E-state index in [0.29, 0.717) is 12.1 Å². The molecule has 5 heteroatoms. The van der Waals surface area contributed by atoms with Crippen molar-refractivity contribution in [1.29, 1.82) is 0 Å². The molecular formula is C20H18N3O2. The fourth-order valence-corrected chi connectivity index (χ4v) is 2.64. The van der Waals surface area contributed by atoms with Crippen LogP contribution in [0.15, 0.2) is 66.9 Å². The zero-order valence-electron chi connectivity index (χ0n) is 13.6. The number of hydrogen-bond acceptors (Lipinski definition) is 3. The van der Waals surface area contributed by atoms with Crippen LogP contribution in [0.1, 0.15) is 12.0 Å². The second-order valence-corrected chi connectivity index (χ2v) is 5.63. The molecule has 0 aliphatic rings. The van der Waals surface area contributed by atoms with Gasteiger partial charge in [0, 0.05) is 5.39 Å². The van der Waals surface area contributed by atoms with Gasteiger partial charge in [-0.1, -0.05) is 48.5 Å². The minimum absolute atomic E-state index is 0.368. The third-order valence-corrected chi connectivity index (χ3v) is 3.87. The van der Waals surface area contributed by atoms with Gasteiger partial charge in [-0.25, -0.2) is 9.69 Å². The number of urea groups is 1. The Kier molecular flexibility index (Phi) is 5.04. The molecule has 3 rings (SSSR count). The highest BCUT2D eigenvalue weighted by molar-refractivity contribution is 6.17. The molecule has 0 atom stereocenters. The predicted octanol–water partition coefficient (Wildman–Crippen LogP) is 3.48. The van der Waals surface area contributed by atoms with Crippen molar-refractivity contribution >= 4 is 28.5 Å². The molecule has 3 aromatic rings. The molecule has 3 amide bonds. The molecule has 0 unspecified atom stereocenters. The van der Waals surface area contributed by atoms with Crippen LogP contribution in [0.2, 0.25) is 0 Å². The Labute approximate surface area is 146 Å². The number of pyridine rings is 1. The summed E-state index contributed by atoms with van der Waals surface area (Å²) in [5.74, 6) is -0.444. The van der Waals surface area contributed by atoms with Gasteiger partial charge >= 0.3 is 6.03 Å². The van der Waals surface area contributed by atoms with E-state index >= 15 is 0 Å². The van der Waals surface area contributed by atoms with Crippen molar-refractivity contribution < 1.29 is 9.59 Å². The Morgan fingerprint density at radius 2 is 1.76 bits per heavy atom. The monoisotopic (exact) mass is 332 g/mol. The molecule has 0 aliphatic carbocycles. The second-order valence-electron chi connectivity index (χ2n) is 5.63. The van der Waals surface area contributed by atoms with E-state index < -0.39 is 11.9 Å². The Morgan fingerprint density at radius 1 is 1.04 bits per heavy atom. The van der Waals surface area contributed by atoms with Crippen LogP contribution in [-0.4, -0.2) is 16.9 Å². The maximum atomic E-state index is 12.5. The zero-order chi connectivity index (χ0) is 17.6. The number of benzene rings is 2. The van der Waals surface area contributed by atoms with E-state index in [1.807, 2.05) is 54.6 Å². The first-order chi connectivity index (χ1) is 12.1. The fourth-order valence-electron chi connectivity index (χ4n) is 2.64. The van der Waals surface area contributed by atoms with Crippen LogP contribution in [-0.2, 0) is 11.2 Å². The topological polar surface area (TPSA) is 76.3 Å². The lowest BCUT2D eigenvalue weighted by Crippen LogP contribution is -2.41. The van der Waals surface area contributed by atoms with Crippen molar-refractivity contribution in [2.24, 2.45) is 5.73 Å². The molecular weight excluding hydrogens is 314 g/mol. The van der Waals surface area contributed by atoms with Gasteiger partial charge in [-0.15, -0.1) is 0 Å². The Hall–Kier alpha value is -3.21. The number of nitrogens with two attached hydrogens (primary N) is 1.